The van der Waals surface area contributed by atoms with Gasteiger partial charge in [-0.2, -0.15) is 0 Å². The molecule has 0 aliphatic rings. The van der Waals surface area contributed by atoms with Gasteiger partial charge in [0.25, 0.3) is 10.0 Å². The number of nitrogens with zero attached hydrogens (tertiary/aromatic N) is 1. The van der Waals surface area contributed by atoms with Crippen LogP contribution in [0.5, 0.6) is 0 Å². The first-order valence-electron chi connectivity index (χ1n) is 9.67. The number of hydrogen-bond donors (Lipinski definition) is 1. The van der Waals surface area contributed by atoms with Gasteiger partial charge in [0.2, 0.25) is 5.91 Å². The molecule has 3 aromatic rings. The van der Waals surface area contributed by atoms with Crippen LogP contribution in [0.3, 0.4) is 0 Å². The molecule has 0 aliphatic heterocycles. The highest BCUT2D eigenvalue weighted by Crippen LogP contribution is 2.36. The molecule has 0 aliphatic carbocycles. The second-order valence-corrected chi connectivity index (χ2v) is 9.00. The second-order valence-electron chi connectivity index (χ2n) is 7.22. The summed E-state index contributed by atoms with van der Waals surface area (Å²) in [4.78, 5) is 12.7. The fourth-order valence-corrected chi connectivity index (χ4v) is 5.65. The summed E-state index contributed by atoms with van der Waals surface area (Å²) in [6.45, 7) is 5.49. The molecule has 0 atom stereocenters. The average molecular weight is 411 g/mol. The number of carbonyl (C=O) groups excluding carboxylic acids is 1. The Labute approximate surface area is 172 Å². The Morgan fingerprint density at radius 2 is 1.52 bits per heavy atom. The van der Waals surface area contributed by atoms with Gasteiger partial charge in [-0.1, -0.05) is 61.9 Å². The van der Waals surface area contributed by atoms with Gasteiger partial charge in [-0.25, -0.2) is 8.42 Å². The topological polar surface area (TPSA) is 80.5 Å². The minimum atomic E-state index is -4.05. The quantitative estimate of drug-likeness (QED) is 0.627. The van der Waals surface area contributed by atoms with Crippen LogP contribution in [0.15, 0.2) is 71.6 Å². The van der Waals surface area contributed by atoms with Crippen LogP contribution in [-0.4, -0.2) is 19.9 Å². The molecule has 0 saturated carbocycles. The van der Waals surface area contributed by atoms with Crippen molar-refractivity contribution < 1.29 is 13.2 Å². The molecule has 0 radical (unpaired) electrons. The maximum absolute atomic E-state index is 13.8. The predicted molar refractivity (Wildman–Crippen MR) is 117 cm³/mol. The fraction of sp³-hybridized carbons (Fsp3) is 0.261. The van der Waals surface area contributed by atoms with Gasteiger partial charge in [0.15, 0.2) is 0 Å². The van der Waals surface area contributed by atoms with Crippen LogP contribution in [0.2, 0.25) is 0 Å². The van der Waals surface area contributed by atoms with E-state index >= 15 is 0 Å². The Morgan fingerprint density at radius 1 is 0.931 bits per heavy atom. The Balaban J connectivity index is 2.28. The molecule has 0 fully saturated rings. The van der Waals surface area contributed by atoms with Crippen molar-refractivity contribution in [3.05, 3.63) is 72.3 Å². The van der Waals surface area contributed by atoms with Gasteiger partial charge in [0, 0.05) is 0 Å². The van der Waals surface area contributed by atoms with Crippen LogP contribution in [0.25, 0.3) is 10.8 Å². The fourth-order valence-electron chi connectivity index (χ4n) is 3.72. The minimum absolute atomic E-state index is 0.129. The van der Waals surface area contributed by atoms with Crippen molar-refractivity contribution in [1.82, 2.24) is 0 Å². The Kier molecular flexibility index (Phi) is 5.66. The van der Waals surface area contributed by atoms with Gasteiger partial charge in [-0.15, -0.1) is 0 Å². The van der Waals surface area contributed by atoms with E-state index in [1.807, 2.05) is 43.3 Å². The monoisotopic (exact) mass is 410 g/mol. The third-order valence-corrected chi connectivity index (χ3v) is 7.44. The van der Waals surface area contributed by atoms with E-state index < -0.39 is 21.5 Å². The summed E-state index contributed by atoms with van der Waals surface area (Å²) >= 11 is 0. The molecule has 29 heavy (non-hydrogen) atoms. The number of fused-ring (bicyclic) bond motifs is 1. The molecule has 6 heteroatoms. The van der Waals surface area contributed by atoms with Crippen molar-refractivity contribution in [3.8, 4) is 0 Å². The number of hydrogen-bond acceptors (Lipinski definition) is 3. The molecular formula is C23H26N2O3S. The summed E-state index contributed by atoms with van der Waals surface area (Å²) in [5.41, 5.74) is 5.84. The Hall–Kier alpha value is -2.86. The summed E-state index contributed by atoms with van der Waals surface area (Å²) in [7, 11) is -4.05. The van der Waals surface area contributed by atoms with Crippen LogP contribution in [0, 0.1) is 6.92 Å². The number of carbonyl (C=O) groups is 1. The standard InChI is InChI=1S/C23H26N2O3S/c1-4-23(5-2,22(24)26)25(20-13-10-17(3)11-14-20)29(27,28)21-15-12-18-8-6-7-9-19(18)16-21/h6-16H,4-5H2,1-3H3,(H2,24,26). The first kappa shape index (κ1) is 20.9. The molecule has 2 N–H and O–H groups in total. The molecule has 1 amide bonds. The van der Waals surface area contributed by atoms with Gasteiger partial charge in [-0.3, -0.25) is 9.10 Å². The highest BCUT2D eigenvalue weighted by atomic mass is 32.2. The van der Waals surface area contributed by atoms with Gasteiger partial charge in [0.05, 0.1) is 10.6 Å². The number of benzene rings is 3. The van der Waals surface area contributed by atoms with Crippen LogP contribution < -0.4 is 10.0 Å². The van der Waals surface area contributed by atoms with E-state index in [1.165, 1.54) is 4.31 Å². The summed E-state index contributed by atoms with van der Waals surface area (Å²) in [6.07, 6.45) is 0.527. The van der Waals surface area contributed by atoms with E-state index in [2.05, 4.69) is 0 Å². The molecule has 3 rings (SSSR count). The number of primary amides is 1. The van der Waals surface area contributed by atoms with Gasteiger partial charge in [0.1, 0.15) is 5.54 Å². The molecule has 0 aromatic heterocycles. The molecule has 5 nitrogen and oxygen atoms in total. The summed E-state index contributed by atoms with van der Waals surface area (Å²) in [5.74, 6) is -0.660. The SMILES string of the molecule is CCC(CC)(C(N)=O)N(c1ccc(C)cc1)S(=O)(=O)c1ccc2ccccc2c1. The van der Waals surface area contributed by atoms with Gasteiger partial charge in [-0.05, 0) is 54.8 Å². The lowest BCUT2D eigenvalue weighted by atomic mass is 9.91. The zero-order valence-corrected chi connectivity index (χ0v) is 17.7. The van der Waals surface area contributed by atoms with Crippen molar-refractivity contribution in [3.63, 3.8) is 0 Å². The first-order valence-corrected chi connectivity index (χ1v) is 11.1. The predicted octanol–water partition coefficient (Wildman–Crippen LogP) is 4.39. The number of sulfonamides is 1. The van der Waals surface area contributed by atoms with E-state index in [0.717, 1.165) is 16.3 Å². The third kappa shape index (κ3) is 3.60. The average Bonchev–Trinajstić information content (AvgIpc) is 2.72. The number of aryl methyl sites for hydroxylation is 1. The van der Waals surface area contributed by atoms with Crippen molar-refractivity contribution >= 4 is 32.4 Å². The molecule has 3 aromatic carbocycles. The van der Waals surface area contributed by atoms with Crippen LogP contribution in [0.4, 0.5) is 5.69 Å². The van der Waals surface area contributed by atoms with Crippen molar-refractivity contribution in [2.45, 2.75) is 44.0 Å². The van der Waals surface area contributed by atoms with Crippen molar-refractivity contribution in [2.75, 3.05) is 4.31 Å². The van der Waals surface area contributed by atoms with E-state index in [0.29, 0.717) is 5.69 Å². The van der Waals surface area contributed by atoms with E-state index in [4.69, 9.17) is 5.73 Å². The number of amides is 1. The zero-order valence-electron chi connectivity index (χ0n) is 16.9. The molecule has 0 unspecified atom stereocenters. The smallest absolute Gasteiger partial charge is 0.265 e. The molecule has 0 heterocycles. The van der Waals surface area contributed by atoms with Gasteiger partial charge < -0.3 is 5.73 Å². The van der Waals surface area contributed by atoms with Gasteiger partial charge >= 0.3 is 0 Å². The molecule has 0 saturated heterocycles. The highest BCUT2D eigenvalue weighted by molar-refractivity contribution is 7.93. The van der Waals surface area contributed by atoms with E-state index in [9.17, 15) is 13.2 Å². The number of rotatable bonds is 7. The van der Waals surface area contributed by atoms with Crippen LogP contribution in [0.1, 0.15) is 32.3 Å². The normalized spacial score (nSPS) is 12.1. The van der Waals surface area contributed by atoms with E-state index in [1.54, 1.807) is 44.2 Å². The minimum Gasteiger partial charge on any atom is -0.368 e. The Morgan fingerprint density at radius 3 is 2.07 bits per heavy atom. The summed E-state index contributed by atoms with van der Waals surface area (Å²) in [6, 6.07) is 19.7. The maximum atomic E-state index is 13.8. The lowest BCUT2D eigenvalue weighted by molar-refractivity contribution is -0.123. The molecule has 0 bridgehead atoms. The highest BCUT2D eigenvalue weighted by Gasteiger charge is 2.46. The third-order valence-electron chi connectivity index (χ3n) is 5.54. The molecular weight excluding hydrogens is 384 g/mol. The first-order chi connectivity index (χ1) is 13.8. The van der Waals surface area contributed by atoms with Crippen molar-refractivity contribution in [2.24, 2.45) is 5.73 Å². The lowest BCUT2D eigenvalue weighted by Crippen LogP contribution is -2.59. The van der Waals surface area contributed by atoms with Crippen LogP contribution in [-0.2, 0) is 14.8 Å². The summed E-state index contributed by atoms with van der Waals surface area (Å²) in [5, 5.41) is 1.76. The number of nitrogens with two attached hydrogens (primary N) is 1. The van der Waals surface area contributed by atoms with Crippen LogP contribution >= 0.6 is 0 Å². The Bertz CT molecular complexity index is 1130. The van der Waals surface area contributed by atoms with Crippen molar-refractivity contribution in [1.29, 1.82) is 0 Å². The zero-order chi connectivity index (χ0) is 21.2. The molecule has 152 valence electrons. The largest absolute Gasteiger partial charge is 0.368 e. The van der Waals surface area contributed by atoms with E-state index in [-0.39, 0.29) is 17.7 Å². The lowest BCUT2D eigenvalue weighted by Gasteiger charge is -2.41. The second kappa shape index (κ2) is 7.87. The summed E-state index contributed by atoms with van der Waals surface area (Å²) < 4.78 is 28.9. The number of anilines is 1. The maximum Gasteiger partial charge on any atom is 0.265 e. The molecule has 0 spiro atoms.